The molecular formula is C12H19P. The van der Waals surface area contributed by atoms with E-state index in [0.717, 1.165) is 23.4 Å². The van der Waals surface area contributed by atoms with E-state index in [1.807, 2.05) is 0 Å². The monoisotopic (exact) mass is 194 g/mol. The summed E-state index contributed by atoms with van der Waals surface area (Å²) in [4.78, 5) is 0. The molecule has 13 heavy (non-hydrogen) atoms. The topological polar surface area (TPSA) is 0 Å². The molecule has 0 radical (unpaired) electrons. The predicted octanol–water partition coefficient (Wildman–Crippen LogP) is 3.43. The Bertz CT molecular complexity index is 209. The number of rotatable bonds is 4. The predicted molar refractivity (Wildman–Crippen MR) is 59.7 cm³/mol. The van der Waals surface area contributed by atoms with Gasteiger partial charge in [-0.25, -0.2) is 0 Å². The third-order valence-electron chi connectivity index (χ3n) is 4.06. The van der Waals surface area contributed by atoms with Crippen LogP contribution < -0.4 is 0 Å². The first kappa shape index (κ1) is 8.48. The van der Waals surface area contributed by atoms with Gasteiger partial charge in [0.15, 0.2) is 0 Å². The molecule has 0 bridgehead atoms. The molecule has 1 heterocycles. The highest BCUT2D eigenvalue weighted by molar-refractivity contribution is 7.47. The first-order chi connectivity index (χ1) is 6.36. The Labute approximate surface area is 83.0 Å². The Morgan fingerprint density at radius 3 is 2.31 bits per heavy atom. The van der Waals surface area contributed by atoms with E-state index in [2.05, 4.69) is 6.58 Å². The lowest BCUT2D eigenvalue weighted by atomic mass is 9.73. The molecule has 3 fully saturated rings. The van der Waals surface area contributed by atoms with Gasteiger partial charge in [0, 0.05) is 0 Å². The van der Waals surface area contributed by atoms with E-state index in [1.54, 1.807) is 5.57 Å². The van der Waals surface area contributed by atoms with Crippen LogP contribution in [0.25, 0.3) is 0 Å². The zero-order valence-electron chi connectivity index (χ0n) is 8.26. The maximum Gasteiger partial charge on any atom is -0.0106 e. The Hall–Kier alpha value is 0.170. The van der Waals surface area contributed by atoms with E-state index in [-0.39, 0.29) is 0 Å². The van der Waals surface area contributed by atoms with Crippen molar-refractivity contribution in [3.63, 3.8) is 0 Å². The quantitative estimate of drug-likeness (QED) is 0.475. The summed E-state index contributed by atoms with van der Waals surface area (Å²) >= 11 is 0. The van der Waals surface area contributed by atoms with Gasteiger partial charge in [-0.05, 0) is 55.3 Å². The van der Waals surface area contributed by atoms with Crippen molar-refractivity contribution in [1.29, 1.82) is 0 Å². The second-order valence-electron chi connectivity index (χ2n) is 5.08. The molecule has 1 saturated heterocycles. The van der Waals surface area contributed by atoms with Crippen molar-refractivity contribution >= 4 is 8.58 Å². The Balaban J connectivity index is 1.67. The molecule has 3 aliphatic rings. The molecule has 1 aliphatic heterocycles. The molecule has 0 amide bonds. The van der Waals surface area contributed by atoms with Crippen LogP contribution in [0.15, 0.2) is 12.2 Å². The number of hydrogen-bond donors (Lipinski definition) is 0. The number of hydrogen-bond acceptors (Lipinski definition) is 0. The van der Waals surface area contributed by atoms with Crippen molar-refractivity contribution in [2.75, 3.05) is 6.16 Å². The highest BCUT2D eigenvalue weighted by Crippen LogP contribution is 2.57. The second kappa shape index (κ2) is 3.09. The van der Waals surface area contributed by atoms with Gasteiger partial charge in [0.1, 0.15) is 0 Å². The average Bonchev–Trinajstić information content (AvgIpc) is 2.74. The molecule has 1 heteroatoms. The lowest BCUT2D eigenvalue weighted by molar-refractivity contribution is 0.328. The molecule has 2 saturated carbocycles. The van der Waals surface area contributed by atoms with Gasteiger partial charge < -0.3 is 0 Å². The molecule has 0 aromatic heterocycles. The molecule has 3 rings (SSSR count). The zero-order valence-corrected chi connectivity index (χ0v) is 9.26. The van der Waals surface area contributed by atoms with Crippen molar-refractivity contribution in [3.8, 4) is 0 Å². The zero-order chi connectivity index (χ0) is 8.84. The molecule has 2 aliphatic carbocycles. The van der Waals surface area contributed by atoms with Crippen molar-refractivity contribution in [2.24, 2.45) is 17.8 Å². The fourth-order valence-corrected chi connectivity index (χ4v) is 3.85. The van der Waals surface area contributed by atoms with Gasteiger partial charge >= 0.3 is 0 Å². The normalized spacial score (nSPS) is 37.1. The van der Waals surface area contributed by atoms with Crippen LogP contribution in [0.3, 0.4) is 0 Å². The van der Waals surface area contributed by atoms with Gasteiger partial charge in [-0.2, -0.15) is 0 Å². The first-order valence-corrected chi connectivity index (χ1v) is 7.07. The minimum absolute atomic E-state index is 0.941. The van der Waals surface area contributed by atoms with E-state index in [9.17, 15) is 0 Å². The third kappa shape index (κ3) is 1.59. The summed E-state index contributed by atoms with van der Waals surface area (Å²) in [6.45, 7) is 4.40. The SMILES string of the molecule is C=C(C1CCC1)C(C1CC1)C1CP1. The van der Waals surface area contributed by atoms with Crippen LogP contribution in [-0.4, -0.2) is 11.8 Å². The van der Waals surface area contributed by atoms with Crippen molar-refractivity contribution in [2.45, 2.75) is 37.8 Å². The standard InChI is InChI=1S/C12H19P/c1-8(9-3-2-4-9)12(10-5-6-10)11-7-13-11/h9-13H,1-7H2. The summed E-state index contributed by atoms with van der Waals surface area (Å²) in [5.41, 5.74) is 2.77. The van der Waals surface area contributed by atoms with Crippen molar-refractivity contribution < 1.29 is 0 Å². The highest BCUT2D eigenvalue weighted by atomic mass is 31.1. The van der Waals surface area contributed by atoms with Gasteiger partial charge in [0.05, 0.1) is 0 Å². The molecule has 0 spiro atoms. The molecule has 3 unspecified atom stereocenters. The Kier molecular flexibility index (Phi) is 2.01. The van der Waals surface area contributed by atoms with E-state index in [0.29, 0.717) is 0 Å². The van der Waals surface area contributed by atoms with Crippen LogP contribution >= 0.6 is 8.58 Å². The fourth-order valence-electron chi connectivity index (χ4n) is 2.72. The molecule has 0 nitrogen and oxygen atoms in total. The smallest absolute Gasteiger partial charge is 0.0106 e. The lowest BCUT2D eigenvalue weighted by Crippen LogP contribution is -2.23. The fraction of sp³-hybridized carbons (Fsp3) is 0.833. The van der Waals surface area contributed by atoms with E-state index >= 15 is 0 Å². The Morgan fingerprint density at radius 1 is 1.23 bits per heavy atom. The summed E-state index contributed by atoms with van der Waals surface area (Å²) in [7, 11) is 1.29. The van der Waals surface area contributed by atoms with Gasteiger partial charge in [-0.1, -0.05) is 18.6 Å². The first-order valence-electron chi connectivity index (χ1n) is 5.78. The third-order valence-corrected chi connectivity index (χ3v) is 5.30. The largest absolute Gasteiger partial charge is 0.117 e. The van der Waals surface area contributed by atoms with Gasteiger partial charge in [-0.15, -0.1) is 8.58 Å². The van der Waals surface area contributed by atoms with E-state index in [1.165, 1.54) is 46.8 Å². The van der Waals surface area contributed by atoms with Crippen LogP contribution in [-0.2, 0) is 0 Å². The molecule has 0 aromatic rings. The summed E-state index contributed by atoms with van der Waals surface area (Å²) in [5, 5.41) is 0. The molecular weight excluding hydrogens is 175 g/mol. The van der Waals surface area contributed by atoms with Crippen LogP contribution in [0.5, 0.6) is 0 Å². The number of allylic oxidation sites excluding steroid dienone is 1. The van der Waals surface area contributed by atoms with Gasteiger partial charge in [-0.3, -0.25) is 0 Å². The van der Waals surface area contributed by atoms with E-state index < -0.39 is 0 Å². The minimum Gasteiger partial charge on any atom is -0.117 e. The highest BCUT2D eigenvalue weighted by Gasteiger charge is 2.44. The minimum atomic E-state index is 0.941. The van der Waals surface area contributed by atoms with Crippen LogP contribution in [0.1, 0.15) is 32.1 Å². The summed E-state index contributed by atoms with van der Waals surface area (Å²) in [6, 6.07) is 0. The summed E-state index contributed by atoms with van der Waals surface area (Å²) < 4.78 is 0. The Morgan fingerprint density at radius 2 is 1.92 bits per heavy atom. The van der Waals surface area contributed by atoms with E-state index in [4.69, 9.17) is 0 Å². The maximum atomic E-state index is 4.40. The van der Waals surface area contributed by atoms with Crippen molar-refractivity contribution in [1.82, 2.24) is 0 Å². The van der Waals surface area contributed by atoms with Crippen LogP contribution in [0.4, 0.5) is 0 Å². The van der Waals surface area contributed by atoms with Crippen molar-refractivity contribution in [3.05, 3.63) is 12.2 Å². The second-order valence-corrected chi connectivity index (χ2v) is 6.64. The summed E-state index contributed by atoms with van der Waals surface area (Å²) in [5.74, 6) is 2.99. The van der Waals surface area contributed by atoms with Crippen LogP contribution in [0.2, 0.25) is 0 Å². The average molecular weight is 194 g/mol. The molecule has 3 atom stereocenters. The van der Waals surface area contributed by atoms with Crippen LogP contribution in [0, 0.1) is 17.8 Å². The molecule has 0 N–H and O–H groups in total. The van der Waals surface area contributed by atoms with Gasteiger partial charge in [0.2, 0.25) is 0 Å². The van der Waals surface area contributed by atoms with Gasteiger partial charge in [0.25, 0.3) is 0 Å². The molecule has 0 aromatic carbocycles. The summed E-state index contributed by atoms with van der Waals surface area (Å²) in [6.07, 6.45) is 8.94. The maximum absolute atomic E-state index is 4.40. The lowest BCUT2D eigenvalue weighted by Gasteiger charge is -2.32. The molecule has 72 valence electrons.